The van der Waals surface area contributed by atoms with Gasteiger partial charge in [-0.2, -0.15) is 0 Å². The third-order valence-electron chi connectivity index (χ3n) is 2.36. The van der Waals surface area contributed by atoms with E-state index in [0.717, 1.165) is 17.1 Å². The second-order valence-electron chi connectivity index (χ2n) is 3.50. The molecule has 1 N–H and O–H groups in total. The van der Waals surface area contributed by atoms with E-state index in [2.05, 4.69) is 10.3 Å². The fraction of sp³-hybridized carbons (Fsp3) is 0.250. The van der Waals surface area contributed by atoms with Crippen LogP contribution in [0, 0.1) is 13.8 Å². The van der Waals surface area contributed by atoms with E-state index in [1.54, 1.807) is 11.3 Å². The van der Waals surface area contributed by atoms with Crippen molar-refractivity contribution in [1.82, 2.24) is 4.98 Å². The predicted molar refractivity (Wildman–Crippen MR) is 67.7 cm³/mol. The molecule has 0 unspecified atom stereocenters. The standard InChI is InChI=1S/C12H14N2OS/c1-8-9(2)16-12(14-8)15-11-6-4-10(13-3)5-7-11/h4-7,13H,1-3H3. The minimum absolute atomic E-state index is 0.701. The number of hydrogen-bond acceptors (Lipinski definition) is 4. The lowest BCUT2D eigenvalue weighted by Gasteiger charge is -2.03. The normalized spacial score (nSPS) is 10.2. The molecular formula is C12H14N2OS. The van der Waals surface area contributed by atoms with E-state index in [0.29, 0.717) is 5.19 Å². The van der Waals surface area contributed by atoms with Crippen molar-refractivity contribution in [3.63, 3.8) is 0 Å². The Morgan fingerprint density at radius 1 is 1.19 bits per heavy atom. The largest absolute Gasteiger partial charge is 0.431 e. The Kier molecular flexibility index (Phi) is 3.10. The van der Waals surface area contributed by atoms with Gasteiger partial charge in [0.2, 0.25) is 0 Å². The Morgan fingerprint density at radius 2 is 1.88 bits per heavy atom. The van der Waals surface area contributed by atoms with Crippen molar-refractivity contribution in [3.8, 4) is 10.9 Å². The Labute approximate surface area is 99.1 Å². The number of benzene rings is 1. The van der Waals surface area contributed by atoms with Crippen LogP contribution in [-0.4, -0.2) is 12.0 Å². The number of nitrogens with zero attached hydrogens (tertiary/aromatic N) is 1. The summed E-state index contributed by atoms with van der Waals surface area (Å²) in [6, 6.07) is 7.81. The SMILES string of the molecule is CNc1ccc(Oc2nc(C)c(C)s2)cc1. The van der Waals surface area contributed by atoms with Crippen LogP contribution >= 0.6 is 11.3 Å². The zero-order valence-electron chi connectivity index (χ0n) is 9.57. The Balaban J connectivity index is 2.14. The van der Waals surface area contributed by atoms with Gasteiger partial charge in [0.15, 0.2) is 0 Å². The van der Waals surface area contributed by atoms with E-state index in [1.165, 1.54) is 4.88 Å². The van der Waals surface area contributed by atoms with Gasteiger partial charge in [-0.05, 0) is 38.1 Å². The van der Waals surface area contributed by atoms with Crippen LogP contribution in [0.2, 0.25) is 0 Å². The Morgan fingerprint density at radius 3 is 2.38 bits per heavy atom. The van der Waals surface area contributed by atoms with Crippen LogP contribution in [0.3, 0.4) is 0 Å². The molecule has 3 nitrogen and oxygen atoms in total. The Hall–Kier alpha value is -1.55. The average molecular weight is 234 g/mol. The maximum absolute atomic E-state index is 5.66. The quantitative estimate of drug-likeness (QED) is 0.881. The third-order valence-corrected chi connectivity index (χ3v) is 3.31. The van der Waals surface area contributed by atoms with Crippen molar-refractivity contribution >= 4 is 17.0 Å². The highest BCUT2D eigenvalue weighted by molar-refractivity contribution is 7.13. The fourth-order valence-corrected chi connectivity index (χ4v) is 2.05. The lowest BCUT2D eigenvalue weighted by Crippen LogP contribution is -1.88. The molecule has 0 fully saturated rings. The van der Waals surface area contributed by atoms with Crippen LogP contribution in [-0.2, 0) is 0 Å². The van der Waals surface area contributed by atoms with Crippen LogP contribution in [0.25, 0.3) is 0 Å². The first kappa shape index (κ1) is 11.0. The third kappa shape index (κ3) is 2.33. The summed E-state index contributed by atoms with van der Waals surface area (Å²) >= 11 is 1.57. The first-order chi connectivity index (χ1) is 7.69. The average Bonchev–Trinajstić information content (AvgIpc) is 2.59. The lowest BCUT2D eigenvalue weighted by molar-refractivity contribution is 0.478. The molecule has 0 saturated heterocycles. The summed E-state index contributed by atoms with van der Waals surface area (Å²) in [6.45, 7) is 4.03. The maximum atomic E-state index is 5.66. The number of aryl methyl sites for hydroxylation is 2. The van der Waals surface area contributed by atoms with Gasteiger partial charge in [0.1, 0.15) is 5.75 Å². The number of thiazole rings is 1. The molecular weight excluding hydrogens is 220 g/mol. The number of aromatic nitrogens is 1. The van der Waals surface area contributed by atoms with Gasteiger partial charge < -0.3 is 10.1 Å². The highest BCUT2D eigenvalue weighted by Gasteiger charge is 2.05. The molecule has 0 saturated carbocycles. The van der Waals surface area contributed by atoms with E-state index in [-0.39, 0.29) is 0 Å². The van der Waals surface area contributed by atoms with E-state index in [9.17, 15) is 0 Å². The summed E-state index contributed by atoms with van der Waals surface area (Å²) in [5.74, 6) is 0.813. The summed E-state index contributed by atoms with van der Waals surface area (Å²) in [6.07, 6.45) is 0. The van der Waals surface area contributed by atoms with Crippen LogP contribution in [0.4, 0.5) is 5.69 Å². The van der Waals surface area contributed by atoms with Gasteiger partial charge in [-0.15, -0.1) is 0 Å². The second-order valence-corrected chi connectivity index (χ2v) is 4.66. The van der Waals surface area contributed by atoms with Crippen molar-refractivity contribution in [2.24, 2.45) is 0 Å². The minimum atomic E-state index is 0.701. The molecule has 0 atom stereocenters. The van der Waals surface area contributed by atoms with Gasteiger partial charge in [0.25, 0.3) is 5.19 Å². The summed E-state index contributed by atoms with van der Waals surface area (Å²) in [5, 5.41) is 3.76. The van der Waals surface area contributed by atoms with Crippen molar-refractivity contribution in [1.29, 1.82) is 0 Å². The van der Waals surface area contributed by atoms with Crippen LogP contribution < -0.4 is 10.1 Å². The number of hydrogen-bond donors (Lipinski definition) is 1. The predicted octanol–water partition coefficient (Wildman–Crippen LogP) is 3.59. The zero-order valence-corrected chi connectivity index (χ0v) is 10.4. The molecule has 0 spiro atoms. The molecule has 0 aliphatic heterocycles. The molecule has 1 aromatic heterocycles. The molecule has 2 rings (SSSR count). The van der Waals surface area contributed by atoms with Crippen molar-refractivity contribution < 1.29 is 4.74 Å². The van der Waals surface area contributed by atoms with Gasteiger partial charge >= 0.3 is 0 Å². The first-order valence-corrected chi connectivity index (χ1v) is 5.90. The highest BCUT2D eigenvalue weighted by atomic mass is 32.1. The molecule has 2 aromatic rings. The molecule has 0 radical (unpaired) electrons. The van der Waals surface area contributed by atoms with E-state index < -0.39 is 0 Å². The summed E-state index contributed by atoms with van der Waals surface area (Å²) in [5.41, 5.74) is 2.10. The number of ether oxygens (including phenoxy) is 1. The summed E-state index contributed by atoms with van der Waals surface area (Å²) in [4.78, 5) is 5.52. The van der Waals surface area contributed by atoms with Crippen molar-refractivity contribution in [3.05, 3.63) is 34.8 Å². The summed E-state index contributed by atoms with van der Waals surface area (Å²) in [7, 11) is 1.89. The molecule has 84 valence electrons. The maximum Gasteiger partial charge on any atom is 0.279 e. The monoisotopic (exact) mass is 234 g/mol. The molecule has 1 aromatic carbocycles. The van der Waals surface area contributed by atoms with E-state index in [4.69, 9.17) is 4.74 Å². The number of anilines is 1. The topological polar surface area (TPSA) is 34.1 Å². The van der Waals surface area contributed by atoms with Gasteiger partial charge in [-0.25, -0.2) is 4.98 Å². The molecule has 0 aliphatic rings. The highest BCUT2D eigenvalue weighted by Crippen LogP contribution is 2.28. The van der Waals surface area contributed by atoms with Gasteiger partial charge in [-0.1, -0.05) is 11.3 Å². The molecule has 0 bridgehead atoms. The van der Waals surface area contributed by atoms with Crippen LogP contribution in [0.15, 0.2) is 24.3 Å². The van der Waals surface area contributed by atoms with Crippen molar-refractivity contribution in [2.45, 2.75) is 13.8 Å². The van der Waals surface area contributed by atoms with E-state index >= 15 is 0 Å². The number of nitrogens with one attached hydrogen (secondary N) is 1. The fourth-order valence-electron chi connectivity index (χ4n) is 1.28. The van der Waals surface area contributed by atoms with Crippen LogP contribution in [0.5, 0.6) is 10.9 Å². The van der Waals surface area contributed by atoms with Gasteiger partial charge in [0, 0.05) is 17.6 Å². The molecule has 1 heterocycles. The van der Waals surface area contributed by atoms with Gasteiger partial charge in [0.05, 0.1) is 5.69 Å². The molecule has 0 aliphatic carbocycles. The Bertz CT molecular complexity index is 457. The molecule has 0 amide bonds. The van der Waals surface area contributed by atoms with Crippen molar-refractivity contribution in [2.75, 3.05) is 12.4 Å². The number of rotatable bonds is 3. The smallest absolute Gasteiger partial charge is 0.279 e. The molecule has 16 heavy (non-hydrogen) atoms. The van der Waals surface area contributed by atoms with E-state index in [1.807, 2.05) is 45.2 Å². The molecule has 4 heteroatoms. The second kappa shape index (κ2) is 4.53. The minimum Gasteiger partial charge on any atom is -0.431 e. The summed E-state index contributed by atoms with van der Waals surface area (Å²) < 4.78 is 5.66. The van der Waals surface area contributed by atoms with Gasteiger partial charge in [-0.3, -0.25) is 0 Å². The lowest BCUT2D eigenvalue weighted by atomic mass is 10.3. The zero-order chi connectivity index (χ0) is 11.5. The first-order valence-electron chi connectivity index (χ1n) is 5.09. The van der Waals surface area contributed by atoms with Crippen LogP contribution in [0.1, 0.15) is 10.6 Å².